The van der Waals surface area contributed by atoms with Gasteiger partial charge in [0.05, 0.1) is 5.52 Å². The summed E-state index contributed by atoms with van der Waals surface area (Å²) in [4.78, 5) is 22.4. The first kappa shape index (κ1) is 22.3. The van der Waals surface area contributed by atoms with Gasteiger partial charge in [-0.1, -0.05) is 49.1 Å². The normalized spacial score (nSPS) is 17.7. The largest absolute Gasteiger partial charge is 0.340 e. The summed E-state index contributed by atoms with van der Waals surface area (Å²) in [5.74, 6) is 2.35. The van der Waals surface area contributed by atoms with Crippen LogP contribution >= 0.6 is 11.6 Å². The standard InChI is InChI=1S/C27H29ClN6O/c28-21-12-13-22-23(18-21)29-27(34-24(30-31-25(22)34)19-8-3-1-4-9-19)33-15-7-14-32(16-17-33)26(35)20-10-5-2-6-11-20/h2,5-6,10-13,18-19H,1,3-4,7-9,14-17H2. The predicted octanol–water partition coefficient (Wildman–Crippen LogP) is 5.33. The summed E-state index contributed by atoms with van der Waals surface area (Å²) in [7, 11) is 0. The number of carbonyl (C=O) groups excluding carboxylic acids is 1. The van der Waals surface area contributed by atoms with E-state index < -0.39 is 0 Å². The van der Waals surface area contributed by atoms with Crippen molar-refractivity contribution in [3.05, 3.63) is 64.9 Å². The Labute approximate surface area is 209 Å². The smallest absolute Gasteiger partial charge is 0.253 e. The molecule has 1 saturated carbocycles. The van der Waals surface area contributed by atoms with Crippen molar-refractivity contribution in [2.45, 2.75) is 44.4 Å². The highest BCUT2D eigenvalue weighted by Gasteiger charge is 2.27. The van der Waals surface area contributed by atoms with Crippen molar-refractivity contribution in [1.82, 2.24) is 24.5 Å². The number of halogens is 1. The molecular weight excluding hydrogens is 460 g/mol. The summed E-state index contributed by atoms with van der Waals surface area (Å²) in [6, 6.07) is 15.3. The van der Waals surface area contributed by atoms with Crippen molar-refractivity contribution < 1.29 is 4.79 Å². The first-order valence-electron chi connectivity index (χ1n) is 12.6. The van der Waals surface area contributed by atoms with E-state index in [-0.39, 0.29) is 5.91 Å². The summed E-state index contributed by atoms with van der Waals surface area (Å²) < 4.78 is 2.18. The zero-order valence-electron chi connectivity index (χ0n) is 19.7. The molecule has 4 aromatic rings. The Morgan fingerprint density at radius 1 is 0.886 bits per heavy atom. The fraction of sp³-hybridized carbons (Fsp3) is 0.407. The van der Waals surface area contributed by atoms with E-state index in [0.29, 0.717) is 24.0 Å². The van der Waals surface area contributed by atoms with Crippen molar-refractivity contribution in [2.75, 3.05) is 31.1 Å². The third-order valence-electron chi connectivity index (χ3n) is 7.37. The fourth-order valence-electron chi connectivity index (χ4n) is 5.53. The molecule has 8 heteroatoms. The lowest BCUT2D eigenvalue weighted by molar-refractivity contribution is 0.0767. The van der Waals surface area contributed by atoms with E-state index in [1.165, 1.54) is 19.3 Å². The quantitative estimate of drug-likeness (QED) is 0.390. The van der Waals surface area contributed by atoms with E-state index >= 15 is 0 Å². The highest BCUT2D eigenvalue weighted by Crippen LogP contribution is 2.35. The molecule has 0 bridgehead atoms. The minimum absolute atomic E-state index is 0.0861. The van der Waals surface area contributed by atoms with E-state index in [0.717, 1.165) is 66.2 Å². The minimum atomic E-state index is 0.0861. The summed E-state index contributed by atoms with van der Waals surface area (Å²) in [6.45, 7) is 2.89. The Balaban J connectivity index is 1.39. The van der Waals surface area contributed by atoms with E-state index in [2.05, 4.69) is 14.4 Å². The summed E-state index contributed by atoms with van der Waals surface area (Å²) >= 11 is 6.33. The number of nitrogens with zero attached hydrogens (tertiary/aromatic N) is 6. The zero-order valence-corrected chi connectivity index (χ0v) is 20.5. The molecule has 0 spiro atoms. The summed E-state index contributed by atoms with van der Waals surface area (Å²) in [5, 5.41) is 11.0. The predicted molar refractivity (Wildman–Crippen MR) is 138 cm³/mol. The van der Waals surface area contributed by atoms with Crippen LogP contribution < -0.4 is 4.90 Å². The van der Waals surface area contributed by atoms with Crippen LogP contribution in [0.5, 0.6) is 0 Å². The van der Waals surface area contributed by atoms with Crippen LogP contribution in [0.25, 0.3) is 16.6 Å². The molecule has 6 rings (SSSR count). The van der Waals surface area contributed by atoms with Gasteiger partial charge in [0.15, 0.2) is 5.65 Å². The number of carbonyl (C=O) groups is 1. The molecule has 0 atom stereocenters. The lowest BCUT2D eigenvalue weighted by atomic mass is 9.89. The number of amides is 1. The van der Waals surface area contributed by atoms with Crippen LogP contribution in [0.2, 0.25) is 5.02 Å². The van der Waals surface area contributed by atoms with Gasteiger partial charge in [0.25, 0.3) is 5.91 Å². The first-order valence-corrected chi connectivity index (χ1v) is 13.0. The maximum absolute atomic E-state index is 13.1. The maximum atomic E-state index is 13.1. The Bertz CT molecular complexity index is 1360. The number of hydrogen-bond donors (Lipinski definition) is 0. The second-order valence-corrected chi connectivity index (χ2v) is 10.1. The van der Waals surface area contributed by atoms with Gasteiger partial charge in [0, 0.05) is 48.1 Å². The molecule has 1 aliphatic carbocycles. The average molecular weight is 489 g/mol. The van der Waals surface area contributed by atoms with Crippen LogP contribution in [0.3, 0.4) is 0 Å². The van der Waals surface area contributed by atoms with Crippen molar-refractivity contribution in [3.8, 4) is 0 Å². The molecule has 1 aliphatic heterocycles. The Morgan fingerprint density at radius 2 is 1.71 bits per heavy atom. The molecule has 35 heavy (non-hydrogen) atoms. The van der Waals surface area contributed by atoms with E-state index in [4.69, 9.17) is 21.7 Å². The van der Waals surface area contributed by atoms with Crippen LogP contribution in [-0.4, -0.2) is 56.6 Å². The van der Waals surface area contributed by atoms with E-state index in [1.54, 1.807) is 0 Å². The third kappa shape index (κ3) is 4.22. The van der Waals surface area contributed by atoms with E-state index in [9.17, 15) is 4.79 Å². The van der Waals surface area contributed by atoms with Crippen LogP contribution in [0.15, 0.2) is 48.5 Å². The van der Waals surface area contributed by atoms with Gasteiger partial charge in [-0.05, 0) is 49.6 Å². The first-order chi connectivity index (χ1) is 17.2. The van der Waals surface area contributed by atoms with E-state index in [1.807, 2.05) is 53.4 Å². The molecule has 2 aromatic carbocycles. The highest BCUT2D eigenvalue weighted by atomic mass is 35.5. The van der Waals surface area contributed by atoms with Crippen molar-refractivity contribution in [2.24, 2.45) is 0 Å². The lowest BCUT2D eigenvalue weighted by Crippen LogP contribution is -2.36. The zero-order chi connectivity index (χ0) is 23.8. The van der Waals surface area contributed by atoms with Gasteiger partial charge in [0.1, 0.15) is 5.82 Å². The molecule has 2 aromatic heterocycles. The minimum Gasteiger partial charge on any atom is -0.340 e. The molecule has 2 aliphatic rings. The van der Waals surface area contributed by atoms with Crippen LogP contribution in [-0.2, 0) is 0 Å². The van der Waals surface area contributed by atoms with Crippen LogP contribution in [0.1, 0.15) is 60.6 Å². The lowest BCUT2D eigenvalue weighted by Gasteiger charge is -2.26. The molecule has 1 amide bonds. The molecule has 7 nitrogen and oxygen atoms in total. The summed E-state index contributed by atoms with van der Waals surface area (Å²) in [6.07, 6.45) is 6.89. The van der Waals surface area contributed by atoms with Crippen molar-refractivity contribution >= 4 is 40.0 Å². The number of fused-ring (bicyclic) bond motifs is 3. The molecular formula is C27H29ClN6O. The number of hydrogen-bond acceptors (Lipinski definition) is 5. The van der Waals surface area contributed by atoms with Gasteiger partial charge in [-0.2, -0.15) is 0 Å². The highest BCUT2D eigenvalue weighted by molar-refractivity contribution is 6.31. The van der Waals surface area contributed by atoms with Gasteiger partial charge in [0.2, 0.25) is 5.95 Å². The van der Waals surface area contributed by atoms with Crippen LogP contribution in [0, 0.1) is 0 Å². The summed E-state index contributed by atoms with van der Waals surface area (Å²) in [5.41, 5.74) is 2.40. The topological polar surface area (TPSA) is 66.6 Å². The van der Waals surface area contributed by atoms with Crippen molar-refractivity contribution in [3.63, 3.8) is 0 Å². The Kier molecular flexibility index (Phi) is 6.02. The van der Waals surface area contributed by atoms with Gasteiger partial charge in [-0.15, -0.1) is 10.2 Å². The molecule has 0 N–H and O–H groups in total. The number of aromatic nitrogens is 4. The van der Waals surface area contributed by atoms with Crippen molar-refractivity contribution in [1.29, 1.82) is 0 Å². The molecule has 3 heterocycles. The maximum Gasteiger partial charge on any atom is 0.253 e. The van der Waals surface area contributed by atoms with Gasteiger partial charge < -0.3 is 9.80 Å². The molecule has 1 saturated heterocycles. The molecule has 0 unspecified atom stereocenters. The number of anilines is 1. The van der Waals surface area contributed by atoms with Crippen LogP contribution in [0.4, 0.5) is 5.95 Å². The number of rotatable bonds is 3. The number of benzene rings is 2. The molecule has 2 fully saturated rings. The molecule has 180 valence electrons. The molecule has 0 radical (unpaired) electrons. The third-order valence-corrected chi connectivity index (χ3v) is 7.60. The fourth-order valence-corrected chi connectivity index (χ4v) is 5.70. The monoisotopic (exact) mass is 488 g/mol. The average Bonchev–Trinajstić information content (AvgIpc) is 3.20. The SMILES string of the molecule is O=C(c1ccccc1)N1CCCN(c2nc3cc(Cl)ccc3c3nnc(C4CCCCC4)n23)CC1. The Morgan fingerprint density at radius 3 is 2.54 bits per heavy atom. The van der Waals surface area contributed by atoms with Gasteiger partial charge >= 0.3 is 0 Å². The van der Waals surface area contributed by atoms with Gasteiger partial charge in [-0.25, -0.2) is 9.38 Å². The Hall–Kier alpha value is -3.19. The second kappa shape index (κ2) is 9.46. The van der Waals surface area contributed by atoms with Gasteiger partial charge in [-0.3, -0.25) is 4.79 Å². The second-order valence-electron chi connectivity index (χ2n) is 9.62.